The lowest BCUT2D eigenvalue weighted by Crippen LogP contribution is -2.49. The smallest absolute Gasteiger partial charge is 0.227 e. The van der Waals surface area contributed by atoms with Crippen LogP contribution in [0.1, 0.15) is 31.2 Å². The van der Waals surface area contributed by atoms with Gasteiger partial charge in [0.1, 0.15) is 0 Å². The molecule has 3 saturated heterocycles. The number of amides is 2. The number of piperidine rings is 2. The summed E-state index contributed by atoms with van der Waals surface area (Å²) >= 11 is 0. The molecule has 1 aromatic carbocycles. The molecule has 0 radical (unpaired) electrons. The van der Waals surface area contributed by atoms with Crippen molar-refractivity contribution in [3.05, 3.63) is 35.9 Å². The number of hydrogen-bond donors (Lipinski definition) is 0. The van der Waals surface area contributed by atoms with Gasteiger partial charge in [-0.1, -0.05) is 30.3 Å². The highest BCUT2D eigenvalue weighted by Crippen LogP contribution is 2.28. The molecule has 0 bridgehead atoms. The number of hydrogen-bond acceptors (Lipinski definition) is 4. The largest absolute Gasteiger partial charge is 0.350 e. The Labute approximate surface area is 166 Å². The number of carbonyl (C=O) groups excluding carboxylic acids is 2. The molecule has 3 heterocycles. The average Bonchev–Trinajstić information content (AvgIpc) is 3.29. The summed E-state index contributed by atoms with van der Waals surface area (Å²) in [5, 5.41) is 0. The lowest BCUT2D eigenvalue weighted by molar-refractivity contribution is -0.144. The minimum Gasteiger partial charge on any atom is -0.350 e. The van der Waals surface area contributed by atoms with Crippen LogP contribution < -0.4 is 0 Å². The van der Waals surface area contributed by atoms with Gasteiger partial charge in [0.2, 0.25) is 11.8 Å². The van der Waals surface area contributed by atoms with Crippen LogP contribution >= 0.6 is 0 Å². The summed E-state index contributed by atoms with van der Waals surface area (Å²) < 4.78 is 11.2. The van der Waals surface area contributed by atoms with Crippen LogP contribution in [0.4, 0.5) is 0 Å². The fourth-order valence-electron chi connectivity index (χ4n) is 4.59. The number of likely N-dealkylation sites (tertiary alicyclic amines) is 2. The molecular formula is C22H30N2O4. The highest BCUT2D eigenvalue weighted by atomic mass is 16.7. The molecule has 6 heteroatoms. The van der Waals surface area contributed by atoms with E-state index < -0.39 is 0 Å². The van der Waals surface area contributed by atoms with Gasteiger partial charge < -0.3 is 19.3 Å². The number of carbonyl (C=O) groups is 2. The van der Waals surface area contributed by atoms with Crippen LogP contribution in [0.5, 0.6) is 0 Å². The molecule has 6 nitrogen and oxygen atoms in total. The quantitative estimate of drug-likeness (QED) is 0.795. The SMILES string of the molecule is O=C(Cc1ccccc1)N1CCCC(C(=O)N2CCC(C3OCCO3)CC2)C1. The van der Waals surface area contributed by atoms with Gasteiger partial charge in [-0.2, -0.15) is 0 Å². The van der Waals surface area contributed by atoms with Crippen LogP contribution in [-0.4, -0.2) is 67.3 Å². The molecule has 152 valence electrons. The Kier molecular flexibility index (Phi) is 6.27. The maximum atomic E-state index is 13.0. The summed E-state index contributed by atoms with van der Waals surface area (Å²) in [6.07, 6.45) is 3.96. The van der Waals surface area contributed by atoms with Crippen LogP contribution in [-0.2, 0) is 25.5 Å². The molecule has 3 aliphatic heterocycles. The summed E-state index contributed by atoms with van der Waals surface area (Å²) in [4.78, 5) is 29.6. The molecular weight excluding hydrogens is 356 g/mol. The predicted octanol–water partition coefficient (Wildman–Crippen LogP) is 2.08. The van der Waals surface area contributed by atoms with Crippen molar-refractivity contribution in [2.45, 2.75) is 38.4 Å². The van der Waals surface area contributed by atoms with Crippen molar-refractivity contribution in [1.82, 2.24) is 9.80 Å². The minimum absolute atomic E-state index is 0.0657. The van der Waals surface area contributed by atoms with Gasteiger partial charge in [-0.3, -0.25) is 9.59 Å². The van der Waals surface area contributed by atoms with Gasteiger partial charge in [-0.15, -0.1) is 0 Å². The van der Waals surface area contributed by atoms with Crippen molar-refractivity contribution < 1.29 is 19.1 Å². The second kappa shape index (κ2) is 9.05. The fraction of sp³-hybridized carbons (Fsp3) is 0.636. The monoisotopic (exact) mass is 386 g/mol. The van der Waals surface area contributed by atoms with Gasteiger partial charge in [0, 0.05) is 32.1 Å². The van der Waals surface area contributed by atoms with Gasteiger partial charge in [-0.05, 0) is 31.2 Å². The van der Waals surface area contributed by atoms with Crippen molar-refractivity contribution in [3.63, 3.8) is 0 Å². The maximum absolute atomic E-state index is 13.0. The summed E-state index contributed by atoms with van der Waals surface area (Å²) in [5.74, 6) is 0.660. The van der Waals surface area contributed by atoms with Crippen molar-refractivity contribution in [2.24, 2.45) is 11.8 Å². The Morgan fingerprint density at radius 1 is 0.929 bits per heavy atom. The number of ether oxygens (including phenoxy) is 2. The lowest BCUT2D eigenvalue weighted by atomic mass is 9.92. The van der Waals surface area contributed by atoms with E-state index in [1.807, 2.05) is 40.1 Å². The Hall–Kier alpha value is -1.92. The molecule has 2 amide bonds. The number of rotatable bonds is 4. The highest BCUT2D eigenvalue weighted by molar-refractivity contribution is 5.82. The first-order valence-corrected chi connectivity index (χ1v) is 10.5. The zero-order chi connectivity index (χ0) is 19.3. The van der Waals surface area contributed by atoms with Gasteiger partial charge in [0.25, 0.3) is 0 Å². The molecule has 0 spiro atoms. The van der Waals surface area contributed by atoms with Crippen LogP contribution in [0.15, 0.2) is 30.3 Å². The van der Waals surface area contributed by atoms with Gasteiger partial charge in [0.05, 0.1) is 25.6 Å². The summed E-state index contributed by atoms with van der Waals surface area (Å²) in [7, 11) is 0. The molecule has 0 aliphatic carbocycles. The second-order valence-corrected chi connectivity index (χ2v) is 8.11. The third-order valence-electron chi connectivity index (χ3n) is 6.21. The molecule has 3 aliphatic rings. The maximum Gasteiger partial charge on any atom is 0.227 e. The third kappa shape index (κ3) is 4.55. The van der Waals surface area contributed by atoms with E-state index >= 15 is 0 Å². The number of nitrogens with zero attached hydrogens (tertiary/aromatic N) is 2. The molecule has 0 saturated carbocycles. The van der Waals surface area contributed by atoms with Crippen molar-refractivity contribution in [1.29, 1.82) is 0 Å². The van der Waals surface area contributed by atoms with Crippen LogP contribution in [0, 0.1) is 11.8 Å². The van der Waals surface area contributed by atoms with Crippen LogP contribution in [0.3, 0.4) is 0 Å². The van der Waals surface area contributed by atoms with E-state index in [1.165, 1.54) is 0 Å². The first kappa shape index (κ1) is 19.4. The molecule has 3 fully saturated rings. The van der Waals surface area contributed by atoms with E-state index in [4.69, 9.17) is 9.47 Å². The summed E-state index contributed by atoms with van der Waals surface area (Å²) in [5.41, 5.74) is 1.03. The second-order valence-electron chi connectivity index (χ2n) is 8.11. The normalized spacial score (nSPS) is 24.5. The topological polar surface area (TPSA) is 59.1 Å². The Bertz CT molecular complexity index is 666. The van der Waals surface area contributed by atoms with E-state index in [-0.39, 0.29) is 24.0 Å². The minimum atomic E-state index is -0.0852. The van der Waals surface area contributed by atoms with E-state index in [0.717, 1.165) is 50.9 Å². The van der Waals surface area contributed by atoms with Crippen molar-refractivity contribution in [2.75, 3.05) is 39.4 Å². The fourth-order valence-corrected chi connectivity index (χ4v) is 4.59. The van der Waals surface area contributed by atoms with E-state index in [2.05, 4.69) is 0 Å². The average molecular weight is 386 g/mol. The Morgan fingerprint density at radius 2 is 1.64 bits per heavy atom. The first-order chi connectivity index (χ1) is 13.7. The first-order valence-electron chi connectivity index (χ1n) is 10.5. The standard InChI is InChI=1S/C22H30N2O4/c25-20(15-17-5-2-1-3-6-17)24-10-4-7-19(16-24)21(26)23-11-8-18(9-12-23)22-27-13-14-28-22/h1-3,5-6,18-19,22H,4,7-16H2. The zero-order valence-corrected chi connectivity index (χ0v) is 16.4. The van der Waals surface area contributed by atoms with Gasteiger partial charge in [0.15, 0.2) is 6.29 Å². The zero-order valence-electron chi connectivity index (χ0n) is 16.4. The van der Waals surface area contributed by atoms with Crippen molar-refractivity contribution in [3.8, 4) is 0 Å². The molecule has 1 aromatic rings. The molecule has 28 heavy (non-hydrogen) atoms. The predicted molar refractivity (Wildman–Crippen MR) is 104 cm³/mol. The Balaban J connectivity index is 1.28. The van der Waals surface area contributed by atoms with Gasteiger partial charge >= 0.3 is 0 Å². The van der Waals surface area contributed by atoms with Crippen LogP contribution in [0.2, 0.25) is 0 Å². The molecule has 1 unspecified atom stereocenters. The molecule has 0 aromatic heterocycles. The molecule has 1 atom stereocenters. The van der Waals surface area contributed by atoms with Crippen molar-refractivity contribution >= 4 is 11.8 Å². The van der Waals surface area contributed by atoms with Crippen LogP contribution in [0.25, 0.3) is 0 Å². The molecule has 0 N–H and O–H groups in total. The molecule has 4 rings (SSSR count). The van der Waals surface area contributed by atoms with E-state index in [1.54, 1.807) is 0 Å². The third-order valence-corrected chi connectivity index (χ3v) is 6.21. The summed E-state index contributed by atoms with van der Waals surface area (Å²) in [6, 6.07) is 9.82. The highest BCUT2D eigenvalue weighted by Gasteiger charge is 2.35. The number of benzene rings is 1. The lowest BCUT2D eigenvalue weighted by Gasteiger charge is -2.38. The Morgan fingerprint density at radius 3 is 2.36 bits per heavy atom. The van der Waals surface area contributed by atoms with Gasteiger partial charge in [-0.25, -0.2) is 0 Å². The van der Waals surface area contributed by atoms with E-state index in [9.17, 15) is 9.59 Å². The summed E-state index contributed by atoms with van der Waals surface area (Å²) in [6.45, 7) is 4.20. The van der Waals surface area contributed by atoms with E-state index in [0.29, 0.717) is 32.1 Å².